The number of hydrogen-bond acceptors (Lipinski definition) is 4. The van der Waals surface area contributed by atoms with Crippen molar-refractivity contribution in [3.63, 3.8) is 0 Å². The molecule has 1 aliphatic carbocycles. The minimum atomic E-state index is -0.744. The molecule has 1 fully saturated rings. The van der Waals surface area contributed by atoms with E-state index in [4.69, 9.17) is 4.74 Å². The number of nitro benzene ring substituents is 1. The molecule has 0 spiro atoms. The molecule has 2 rings (SSSR count). The molecule has 1 saturated carbocycles. The van der Waals surface area contributed by atoms with Gasteiger partial charge in [-0.1, -0.05) is 44.4 Å². The van der Waals surface area contributed by atoms with Gasteiger partial charge in [0.05, 0.1) is 4.92 Å². The topological polar surface area (TPSA) is 81.5 Å². The van der Waals surface area contributed by atoms with Crippen LogP contribution in [0, 0.1) is 10.1 Å². The summed E-state index contributed by atoms with van der Waals surface area (Å²) in [4.78, 5) is 23.4. The minimum Gasteiger partial charge on any atom is -0.473 e. The number of carbonyl (C=O) groups excluding carboxylic acids is 1. The van der Waals surface area contributed by atoms with Gasteiger partial charge in [0.2, 0.25) is 5.75 Å². The third-order valence-corrected chi connectivity index (χ3v) is 4.51. The van der Waals surface area contributed by atoms with E-state index in [0.29, 0.717) is 18.4 Å². The number of hydrogen-bond donors (Lipinski definition) is 1. The summed E-state index contributed by atoms with van der Waals surface area (Å²) >= 11 is 0. The summed E-state index contributed by atoms with van der Waals surface area (Å²) in [5.41, 5.74) is 0.538. The lowest BCUT2D eigenvalue weighted by Gasteiger charge is -2.25. The Morgan fingerprint density at radius 3 is 2.76 bits per heavy atom. The fourth-order valence-corrected chi connectivity index (χ4v) is 3.17. The summed E-state index contributed by atoms with van der Waals surface area (Å²) in [7, 11) is 0. The first kappa shape index (κ1) is 19.0. The second kappa shape index (κ2) is 9.20. The minimum absolute atomic E-state index is 0.122. The van der Waals surface area contributed by atoms with Gasteiger partial charge in [0.25, 0.3) is 5.91 Å². The maximum Gasteiger partial charge on any atom is 0.311 e. The van der Waals surface area contributed by atoms with Gasteiger partial charge in [0.15, 0.2) is 6.10 Å². The number of nitrogens with one attached hydrogen (secondary N) is 1. The van der Waals surface area contributed by atoms with E-state index in [-0.39, 0.29) is 23.4 Å². The normalized spacial score (nSPS) is 16.0. The van der Waals surface area contributed by atoms with Gasteiger partial charge in [0, 0.05) is 17.7 Å². The van der Waals surface area contributed by atoms with E-state index in [1.54, 1.807) is 18.2 Å². The van der Waals surface area contributed by atoms with Crippen molar-refractivity contribution in [2.75, 3.05) is 0 Å². The Balaban J connectivity index is 2.17. The van der Waals surface area contributed by atoms with Crippen LogP contribution in [0.5, 0.6) is 5.75 Å². The lowest BCUT2D eigenvalue weighted by molar-refractivity contribution is -0.386. The molecule has 1 unspecified atom stereocenters. The molecule has 1 amide bonds. The Morgan fingerprint density at radius 2 is 2.16 bits per heavy atom. The number of carbonyl (C=O) groups is 1. The van der Waals surface area contributed by atoms with Crippen LogP contribution in [0.1, 0.15) is 51.0 Å². The Kier molecular flexibility index (Phi) is 6.98. The third-order valence-electron chi connectivity index (χ3n) is 4.51. The van der Waals surface area contributed by atoms with Gasteiger partial charge in [-0.2, -0.15) is 0 Å². The Labute approximate surface area is 148 Å². The first-order valence-electron chi connectivity index (χ1n) is 8.91. The van der Waals surface area contributed by atoms with E-state index in [1.807, 2.05) is 6.92 Å². The molecule has 0 aromatic heterocycles. The first-order valence-corrected chi connectivity index (χ1v) is 8.91. The van der Waals surface area contributed by atoms with E-state index < -0.39 is 11.0 Å². The lowest BCUT2D eigenvalue weighted by atomic mass is 9.95. The van der Waals surface area contributed by atoms with Crippen molar-refractivity contribution in [1.29, 1.82) is 0 Å². The zero-order valence-corrected chi connectivity index (χ0v) is 14.7. The van der Waals surface area contributed by atoms with E-state index in [0.717, 1.165) is 25.7 Å². The zero-order valence-electron chi connectivity index (χ0n) is 14.7. The molecule has 0 heterocycles. The maximum absolute atomic E-state index is 12.6. The summed E-state index contributed by atoms with van der Waals surface area (Å²) in [5, 5.41) is 14.4. The van der Waals surface area contributed by atoms with Crippen molar-refractivity contribution in [2.24, 2.45) is 0 Å². The molecule has 1 atom stereocenters. The van der Waals surface area contributed by atoms with Gasteiger partial charge in [-0.05, 0) is 25.7 Å². The maximum atomic E-state index is 12.6. The molecular formula is C19H26N2O4. The SMILES string of the molecule is C=CCc1cccc([N+](=O)[O-])c1OC(CC)C(=O)NC1CCCCC1. The van der Waals surface area contributed by atoms with Crippen LogP contribution in [0.15, 0.2) is 30.9 Å². The summed E-state index contributed by atoms with van der Waals surface area (Å²) in [5.74, 6) is -0.0323. The number of para-hydroxylation sites is 1. The van der Waals surface area contributed by atoms with Crippen molar-refractivity contribution in [3.8, 4) is 5.75 Å². The lowest BCUT2D eigenvalue weighted by Crippen LogP contribution is -2.44. The van der Waals surface area contributed by atoms with Crippen LogP contribution in [-0.4, -0.2) is 23.0 Å². The number of rotatable bonds is 8. The second-order valence-corrected chi connectivity index (χ2v) is 6.37. The number of nitrogens with zero attached hydrogens (tertiary/aromatic N) is 1. The molecule has 0 radical (unpaired) electrons. The predicted molar refractivity (Wildman–Crippen MR) is 96.7 cm³/mol. The molecule has 25 heavy (non-hydrogen) atoms. The zero-order chi connectivity index (χ0) is 18.2. The van der Waals surface area contributed by atoms with Gasteiger partial charge in [-0.15, -0.1) is 6.58 Å². The molecule has 1 aromatic carbocycles. The Bertz CT molecular complexity index is 624. The number of allylic oxidation sites excluding steroid dienone is 1. The van der Waals surface area contributed by atoms with Crippen molar-refractivity contribution in [2.45, 2.75) is 64.0 Å². The molecule has 0 aliphatic heterocycles. The average Bonchev–Trinajstić information content (AvgIpc) is 2.61. The summed E-state index contributed by atoms with van der Waals surface area (Å²) in [6.45, 7) is 5.52. The number of amides is 1. The molecule has 6 nitrogen and oxygen atoms in total. The van der Waals surface area contributed by atoms with Crippen LogP contribution in [-0.2, 0) is 11.2 Å². The number of benzene rings is 1. The highest BCUT2D eigenvalue weighted by Crippen LogP contribution is 2.33. The molecular weight excluding hydrogens is 320 g/mol. The standard InChI is InChI=1S/C19H26N2O4/c1-3-9-14-10-8-13-16(21(23)24)18(14)25-17(4-2)19(22)20-15-11-6-5-7-12-15/h3,8,10,13,15,17H,1,4-7,9,11-12H2,2H3,(H,20,22). The summed E-state index contributed by atoms with van der Waals surface area (Å²) in [6, 6.07) is 4.95. The third kappa shape index (κ3) is 5.05. The molecule has 0 bridgehead atoms. The van der Waals surface area contributed by atoms with Crippen LogP contribution < -0.4 is 10.1 Å². The van der Waals surface area contributed by atoms with E-state index in [2.05, 4.69) is 11.9 Å². The Hall–Kier alpha value is -2.37. The molecule has 6 heteroatoms. The first-order chi connectivity index (χ1) is 12.1. The monoisotopic (exact) mass is 346 g/mol. The van der Waals surface area contributed by atoms with Crippen LogP contribution in [0.25, 0.3) is 0 Å². The molecule has 136 valence electrons. The largest absolute Gasteiger partial charge is 0.473 e. The van der Waals surface area contributed by atoms with Gasteiger partial charge in [0.1, 0.15) is 0 Å². The second-order valence-electron chi connectivity index (χ2n) is 6.37. The highest BCUT2D eigenvalue weighted by molar-refractivity contribution is 5.81. The van der Waals surface area contributed by atoms with E-state index in [1.165, 1.54) is 12.5 Å². The quantitative estimate of drug-likeness (QED) is 0.439. The fourth-order valence-electron chi connectivity index (χ4n) is 3.17. The van der Waals surface area contributed by atoms with Gasteiger partial charge in [-0.25, -0.2) is 0 Å². The van der Waals surface area contributed by atoms with Crippen molar-refractivity contribution in [1.82, 2.24) is 5.32 Å². The van der Waals surface area contributed by atoms with Crippen LogP contribution >= 0.6 is 0 Å². The van der Waals surface area contributed by atoms with Crippen molar-refractivity contribution < 1.29 is 14.5 Å². The van der Waals surface area contributed by atoms with E-state index in [9.17, 15) is 14.9 Å². The molecule has 1 aromatic rings. The highest BCUT2D eigenvalue weighted by Gasteiger charge is 2.27. The summed E-state index contributed by atoms with van der Waals surface area (Å²) in [6.07, 6.45) is 7.22. The van der Waals surface area contributed by atoms with Crippen LogP contribution in [0.4, 0.5) is 5.69 Å². The molecule has 1 aliphatic rings. The van der Waals surface area contributed by atoms with E-state index >= 15 is 0 Å². The highest BCUT2D eigenvalue weighted by atomic mass is 16.6. The van der Waals surface area contributed by atoms with Crippen LogP contribution in [0.2, 0.25) is 0 Å². The number of ether oxygens (including phenoxy) is 1. The van der Waals surface area contributed by atoms with Gasteiger partial charge >= 0.3 is 5.69 Å². The molecule has 0 saturated heterocycles. The smallest absolute Gasteiger partial charge is 0.311 e. The van der Waals surface area contributed by atoms with Crippen molar-refractivity contribution >= 4 is 11.6 Å². The predicted octanol–water partition coefficient (Wildman–Crippen LogP) is 3.93. The summed E-state index contributed by atoms with van der Waals surface area (Å²) < 4.78 is 5.84. The van der Waals surface area contributed by atoms with Gasteiger partial charge < -0.3 is 10.1 Å². The van der Waals surface area contributed by atoms with Crippen molar-refractivity contribution in [3.05, 3.63) is 46.5 Å². The molecule has 1 N–H and O–H groups in total. The van der Waals surface area contributed by atoms with Gasteiger partial charge in [-0.3, -0.25) is 14.9 Å². The average molecular weight is 346 g/mol. The van der Waals surface area contributed by atoms with Crippen LogP contribution in [0.3, 0.4) is 0 Å². The number of nitro groups is 1. The Morgan fingerprint density at radius 1 is 1.44 bits per heavy atom. The fraction of sp³-hybridized carbons (Fsp3) is 0.526.